The molecule has 98 valence electrons. The van der Waals surface area contributed by atoms with E-state index in [0.29, 0.717) is 28.5 Å². The zero-order valence-corrected chi connectivity index (χ0v) is 11.7. The average Bonchev–Trinajstić information content (AvgIpc) is 2.36. The molecule has 0 spiro atoms. The first-order valence-electron chi connectivity index (χ1n) is 5.63. The summed E-state index contributed by atoms with van der Waals surface area (Å²) in [6.45, 7) is 3.66. The number of anilines is 1. The van der Waals surface area contributed by atoms with Crippen LogP contribution in [0.15, 0.2) is 23.1 Å². The third-order valence-corrected chi connectivity index (χ3v) is 4.10. The Kier molecular flexibility index (Phi) is 4.74. The standard InChI is InChI=1S/C13H18N2O2S/c1-13(2,9-14)6-7-18(16)12-8-10(17-3)4-5-11(12)15/h4-5,8H,6-7,15H2,1-3H3. The lowest BCUT2D eigenvalue weighted by Gasteiger charge is -2.15. The van der Waals surface area contributed by atoms with E-state index in [-0.39, 0.29) is 0 Å². The van der Waals surface area contributed by atoms with Gasteiger partial charge in [-0.3, -0.25) is 4.21 Å². The van der Waals surface area contributed by atoms with Gasteiger partial charge < -0.3 is 10.5 Å². The van der Waals surface area contributed by atoms with Crippen LogP contribution in [-0.4, -0.2) is 17.1 Å². The van der Waals surface area contributed by atoms with Crippen molar-refractivity contribution in [1.29, 1.82) is 5.26 Å². The van der Waals surface area contributed by atoms with Gasteiger partial charge in [0, 0.05) is 11.4 Å². The molecule has 0 saturated carbocycles. The van der Waals surface area contributed by atoms with Crippen LogP contribution in [0.5, 0.6) is 5.75 Å². The average molecular weight is 266 g/mol. The second-order valence-corrected chi connectivity index (χ2v) is 6.24. The minimum atomic E-state index is -1.21. The number of rotatable bonds is 5. The van der Waals surface area contributed by atoms with Gasteiger partial charge in [-0.15, -0.1) is 0 Å². The van der Waals surface area contributed by atoms with Gasteiger partial charge in [-0.25, -0.2) is 0 Å². The zero-order valence-electron chi connectivity index (χ0n) is 10.9. The van der Waals surface area contributed by atoms with E-state index in [9.17, 15) is 4.21 Å². The molecular formula is C13H18N2O2S. The Hall–Kier alpha value is -1.54. The molecule has 0 saturated heterocycles. The van der Waals surface area contributed by atoms with Gasteiger partial charge in [-0.05, 0) is 38.5 Å². The molecule has 4 nitrogen and oxygen atoms in total. The van der Waals surface area contributed by atoms with E-state index in [1.165, 1.54) is 0 Å². The summed E-state index contributed by atoms with van der Waals surface area (Å²) in [5, 5.41) is 8.92. The van der Waals surface area contributed by atoms with E-state index in [1.54, 1.807) is 25.3 Å². The number of methoxy groups -OCH3 is 1. The van der Waals surface area contributed by atoms with Gasteiger partial charge in [0.2, 0.25) is 0 Å². The summed E-state index contributed by atoms with van der Waals surface area (Å²) >= 11 is 0. The molecule has 18 heavy (non-hydrogen) atoms. The Bertz CT molecular complexity index is 492. The van der Waals surface area contributed by atoms with Crippen molar-refractivity contribution in [2.45, 2.75) is 25.2 Å². The molecule has 0 aromatic heterocycles. The third kappa shape index (κ3) is 3.74. The molecule has 0 fully saturated rings. The van der Waals surface area contributed by atoms with Crippen LogP contribution >= 0.6 is 0 Å². The number of hydrogen-bond acceptors (Lipinski definition) is 4. The molecule has 0 aliphatic heterocycles. The Labute approximate surface area is 110 Å². The van der Waals surface area contributed by atoms with Crippen LogP contribution in [0.4, 0.5) is 5.69 Å². The van der Waals surface area contributed by atoms with Gasteiger partial charge in [0.25, 0.3) is 0 Å². The Morgan fingerprint density at radius 2 is 2.17 bits per heavy atom. The van der Waals surface area contributed by atoms with Gasteiger partial charge >= 0.3 is 0 Å². The highest BCUT2D eigenvalue weighted by molar-refractivity contribution is 7.85. The molecular weight excluding hydrogens is 248 g/mol. The highest BCUT2D eigenvalue weighted by Crippen LogP contribution is 2.25. The Morgan fingerprint density at radius 3 is 2.72 bits per heavy atom. The summed E-state index contributed by atoms with van der Waals surface area (Å²) in [4.78, 5) is 0.572. The summed E-state index contributed by atoms with van der Waals surface area (Å²) in [5.74, 6) is 1.05. The fourth-order valence-corrected chi connectivity index (χ4v) is 2.85. The first kappa shape index (κ1) is 14.5. The first-order chi connectivity index (χ1) is 8.39. The minimum Gasteiger partial charge on any atom is -0.497 e. The predicted octanol–water partition coefficient (Wildman–Crippen LogP) is 2.32. The minimum absolute atomic E-state index is 0.415. The molecule has 5 heteroatoms. The molecule has 1 atom stereocenters. The van der Waals surface area contributed by atoms with Crippen molar-refractivity contribution in [1.82, 2.24) is 0 Å². The molecule has 0 radical (unpaired) electrons. The third-order valence-electron chi connectivity index (χ3n) is 2.68. The van der Waals surface area contributed by atoms with Gasteiger partial charge in [0.1, 0.15) is 5.75 Å². The zero-order chi connectivity index (χ0) is 13.8. The number of ether oxygens (including phenoxy) is 1. The van der Waals surface area contributed by atoms with Crippen LogP contribution in [0.25, 0.3) is 0 Å². The van der Waals surface area contributed by atoms with Crippen LogP contribution in [0.1, 0.15) is 20.3 Å². The van der Waals surface area contributed by atoms with Gasteiger partial charge in [-0.1, -0.05) is 0 Å². The van der Waals surface area contributed by atoms with Crippen LogP contribution in [0.3, 0.4) is 0 Å². The van der Waals surface area contributed by atoms with Gasteiger partial charge in [0.05, 0.1) is 34.3 Å². The highest BCUT2D eigenvalue weighted by atomic mass is 32.2. The lowest BCUT2D eigenvalue weighted by Crippen LogP contribution is -2.13. The quantitative estimate of drug-likeness (QED) is 0.830. The monoisotopic (exact) mass is 266 g/mol. The Morgan fingerprint density at radius 1 is 1.50 bits per heavy atom. The first-order valence-corrected chi connectivity index (χ1v) is 6.94. The molecule has 0 heterocycles. The van der Waals surface area contributed by atoms with E-state index < -0.39 is 16.2 Å². The van der Waals surface area contributed by atoms with Crippen molar-refractivity contribution in [3.63, 3.8) is 0 Å². The van der Waals surface area contributed by atoms with Crippen LogP contribution in [0.2, 0.25) is 0 Å². The van der Waals surface area contributed by atoms with Gasteiger partial charge in [-0.2, -0.15) is 5.26 Å². The van der Waals surface area contributed by atoms with E-state index in [4.69, 9.17) is 15.7 Å². The molecule has 0 bridgehead atoms. The molecule has 1 unspecified atom stereocenters. The maximum absolute atomic E-state index is 12.2. The fraction of sp³-hybridized carbons (Fsp3) is 0.462. The van der Waals surface area contributed by atoms with Crippen molar-refractivity contribution < 1.29 is 8.95 Å². The number of nitrogen functional groups attached to an aromatic ring is 1. The normalized spacial score (nSPS) is 12.8. The number of benzene rings is 1. The van der Waals surface area contributed by atoms with Crippen molar-refractivity contribution in [2.24, 2.45) is 5.41 Å². The van der Waals surface area contributed by atoms with Crippen molar-refractivity contribution in [3.8, 4) is 11.8 Å². The summed E-state index contributed by atoms with van der Waals surface area (Å²) in [6, 6.07) is 7.29. The lowest BCUT2D eigenvalue weighted by molar-refractivity contribution is 0.413. The number of nitriles is 1. The maximum Gasteiger partial charge on any atom is 0.120 e. The maximum atomic E-state index is 12.2. The van der Waals surface area contributed by atoms with E-state index in [2.05, 4.69) is 6.07 Å². The lowest BCUT2D eigenvalue weighted by atomic mass is 9.93. The smallest absolute Gasteiger partial charge is 0.120 e. The van der Waals surface area contributed by atoms with E-state index in [0.717, 1.165) is 0 Å². The molecule has 1 aromatic rings. The molecule has 1 aromatic carbocycles. The topological polar surface area (TPSA) is 76.1 Å². The largest absolute Gasteiger partial charge is 0.497 e. The molecule has 0 amide bonds. The highest BCUT2D eigenvalue weighted by Gasteiger charge is 2.19. The van der Waals surface area contributed by atoms with Crippen LogP contribution in [0, 0.1) is 16.7 Å². The van der Waals surface area contributed by atoms with Crippen molar-refractivity contribution in [3.05, 3.63) is 18.2 Å². The number of hydrogen-bond donors (Lipinski definition) is 1. The van der Waals surface area contributed by atoms with Crippen LogP contribution in [-0.2, 0) is 10.8 Å². The molecule has 0 aliphatic carbocycles. The number of nitrogens with two attached hydrogens (primary N) is 1. The van der Waals surface area contributed by atoms with Crippen LogP contribution < -0.4 is 10.5 Å². The summed E-state index contributed by atoms with van der Waals surface area (Å²) in [5.41, 5.74) is 5.82. The van der Waals surface area contributed by atoms with E-state index in [1.807, 2.05) is 13.8 Å². The summed E-state index contributed by atoms with van der Waals surface area (Å²) in [6.07, 6.45) is 0.562. The molecule has 2 N–H and O–H groups in total. The number of nitrogens with zero attached hydrogens (tertiary/aromatic N) is 1. The van der Waals surface area contributed by atoms with Gasteiger partial charge in [0.15, 0.2) is 0 Å². The summed E-state index contributed by atoms with van der Waals surface area (Å²) < 4.78 is 17.2. The second-order valence-electron chi connectivity index (χ2n) is 4.70. The van der Waals surface area contributed by atoms with Crippen molar-refractivity contribution >= 4 is 16.5 Å². The summed E-state index contributed by atoms with van der Waals surface area (Å²) in [7, 11) is 0.342. The molecule has 1 rings (SSSR count). The van der Waals surface area contributed by atoms with E-state index >= 15 is 0 Å². The Balaban J connectivity index is 2.82. The SMILES string of the molecule is COc1ccc(N)c(S(=O)CCC(C)(C)C#N)c1. The predicted molar refractivity (Wildman–Crippen MR) is 72.7 cm³/mol. The second kappa shape index (κ2) is 5.87. The molecule has 0 aliphatic rings. The van der Waals surface area contributed by atoms with Crippen molar-refractivity contribution in [2.75, 3.05) is 18.6 Å². The fourth-order valence-electron chi connectivity index (χ4n) is 1.35.